The van der Waals surface area contributed by atoms with Crippen LogP contribution in [0.3, 0.4) is 0 Å². The van der Waals surface area contributed by atoms with Gasteiger partial charge in [-0.25, -0.2) is 9.18 Å². The van der Waals surface area contributed by atoms with Gasteiger partial charge in [0.2, 0.25) is 6.79 Å². The van der Waals surface area contributed by atoms with Crippen LogP contribution in [0.1, 0.15) is 0 Å². The molecule has 1 aliphatic rings. The molecule has 0 radical (unpaired) electrons. The summed E-state index contributed by atoms with van der Waals surface area (Å²) in [5.41, 5.74) is -0.215. The Morgan fingerprint density at radius 1 is 1.50 bits per heavy atom. The topological polar surface area (TPSA) is 67.8 Å². The monoisotopic (exact) mass is 199 g/mol. The van der Waals surface area contributed by atoms with Crippen molar-refractivity contribution >= 4 is 11.8 Å². The van der Waals surface area contributed by atoms with Crippen LogP contribution in [-0.4, -0.2) is 18.0 Å². The molecule has 2 rings (SSSR count). The minimum absolute atomic E-state index is 0.0346. The van der Waals surface area contributed by atoms with Gasteiger partial charge in [-0.2, -0.15) is 0 Å². The van der Waals surface area contributed by atoms with Crippen molar-refractivity contribution in [1.29, 1.82) is 0 Å². The Labute approximate surface area is 78.1 Å². The van der Waals surface area contributed by atoms with E-state index in [2.05, 4.69) is 0 Å². The summed E-state index contributed by atoms with van der Waals surface area (Å²) in [5.74, 6) is -0.279. The van der Waals surface area contributed by atoms with Crippen molar-refractivity contribution in [3.8, 4) is 11.5 Å². The van der Waals surface area contributed by atoms with Crippen molar-refractivity contribution in [1.82, 2.24) is 0 Å². The fraction of sp³-hybridized carbons (Fsp3) is 0.125. The third-order valence-corrected chi connectivity index (χ3v) is 1.72. The van der Waals surface area contributed by atoms with Crippen molar-refractivity contribution < 1.29 is 23.8 Å². The Bertz CT molecular complexity index is 393. The molecule has 14 heavy (non-hydrogen) atoms. The van der Waals surface area contributed by atoms with Gasteiger partial charge in [-0.15, -0.1) is 0 Å². The molecule has 0 aliphatic carbocycles. The third-order valence-electron chi connectivity index (χ3n) is 1.72. The summed E-state index contributed by atoms with van der Waals surface area (Å²) in [6.07, 6.45) is -1.35. The molecule has 74 valence electrons. The average Bonchev–Trinajstić information content (AvgIpc) is 2.57. The first-order valence-corrected chi connectivity index (χ1v) is 3.76. The second-order valence-electron chi connectivity index (χ2n) is 2.59. The predicted molar refractivity (Wildman–Crippen MR) is 44.2 cm³/mol. The molecule has 6 heteroatoms. The van der Waals surface area contributed by atoms with Crippen molar-refractivity contribution in [2.24, 2.45) is 0 Å². The number of nitrogens with one attached hydrogen (secondary N) is 1. The van der Waals surface area contributed by atoms with Gasteiger partial charge in [0.25, 0.3) is 0 Å². The largest absolute Gasteiger partial charge is 0.465 e. The van der Waals surface area contributed by atoms with Crippen LogP contribution in [-0.2, 0) is 0 Å². The van der Waals surface area contributed by atoms with Gasteiger partial charge in [0.15, 0.2) is 17.3 Å². The minimum Gasteiger partial charge on any atom is -0.465 e. The lowest BCUT2D eigenvalue weighted by molar-refractivity contribution is 0.174. The van der Waals surface area contributed by atoms with E-state index >= 15 is 0 Å². The molecule has 0 unspecified atom stereocenters. The van der Waals surface area contributed by atoms with Crippen LogP contribution >= 0.6 is 0 Å². The summed E-state index contributed by atoms with van der Waals surface area (Å²) in [6.45, 7) is -0.0346. The number of hydrogen-bond donors (Lipinski definition) is 2. The van der Waals surface area contributed by atoms with E-state index in [1.807, 2.05) is 5.32 Å². The smallest absolute Gasteiger partial charge is 0.409 e. The molecule has 1 heterocycles. The van der Waals surface area contributed by atoms with E-state index in [1.165, 1.54) is 6.07 Å². The molecule has 5 nitrogen and oxygen atoms in total. The minimum atomic E-state index is -1.35. The normalized spacial score (nSPS) is 12.6. The first-order valence-electron chi connectivity index (χ1n) is 3.76. The summed E-state index contributed by atoms with van der Waals surface area (Å²) in [5, 5.41) is 10.4. The lowest BCUT2D eigenvalue weighted by Gasteiger charge is -2.05. The van der Waals surface area contributed by atoms with Crippen LogP contribution in [0.2, 0.25) is 0 Å². The number of fused-ring (bicyclic) bond motifs is 1. The van der Waals surface area contributed by atoms with E-state index in [4.69, 9.17) is 14.6 Å². The van der Waals surface area contributed by atoms with Gasteiger partial charge in [-0.1, -0.05) is 0 Å². The Balaban J connectivity index is 2.46. The van der Waals surface area contributed by atoms with Gasteiger partial charge in [0, 0.05) is 0 Å². The number of benzene rings is 1. The number of amides is 1. The van der Waals surface area contributed by atoms with Crippen molar-refractivity contribution in [3.05, 3.63) is 17.9 Å². The van der Waals surface area contributed by atoms with Crippen LogP contribution in [0.5, 0.6) is 11.5 Å². The summed E-state index contributed by atoms with van der Waals surface area (Å²) in [7, 11) is 0. The van der Waals surface area contributed by atoms with E-state index in [0.29, 0.717) is 5.75 Å². The van der Waals surface area contributed by atoms with Gasteiger partial charge in [-0.05, 0) is 12.1 Å². The van der Waals surface area contributed by atoms with Gasteiger partial charge in [-0.3, -0.25) is 5.32 Å². The molecule has 1 aromatic carbocycles. The highest BCUT2D eigenvalue weighted by atomic mass is 19.1. The fourth-order valence-electron chi connectivity index (χ4n) is 1.17. The molecule has 0 fully saturated rings. The summed E-state index contributed by atoms with van der Waals surface area (Å²) >= 11 is 0. The van der Waals surface area contributed by atoms with Crippen molar-refractivity contribution in [2.75, 3.05) is 12.1 Å². The SMILES string of the molecule is O=C(O)Nc1c(F)ccc2c1OCO2. The van der Waals surface area contributed by atoms with Gasteiger partial charge >= 0.3 is 6.09 Å². The molecule has 0 spiro atoms. The van der Waals surface area contributed by atoms with Gasteiger partial charge < -0.3 is 14.6 Å². The maximum Gasteiger partial charge on any atom is 0.409 e. The number of carbonyl (C=O) groups is 1. The molecule has 1 amide bonds. The zero-order valence-electron chi connectivity index (χ0n) is 6.91. The lowest BCUT2D eigenvalue weighted by Crippen LogP contribution is -2.09. The zero-order valence-corrected chi connectivity index (χ0v) is 6.91. The molecule has 0 aromatic heterocycles. The fourth-order valence-corrected chi connectivity index (χ4v) is 1.17. The van der Waals surface area contributed by atoms with Gasteiger partial charge in [0.1, 0.15) is 5.69 Å². The Kier molecular flexibility index (Phi) is 1.88. The summed E-state index contributed by atoms with van der Waals surface area (Å²) < 4.78 is 23.0. The molecule has 0 atom stereocenters. The Morgan fingerprint density at radius 3 is 3.00 bits per heavy atom. The second kappa shape index (κ2) is 3.06. The average molecular weight is 199 g/mol. The number of hydrogen-bond acceptors (Lipinski definition) is 3. The first kappa shape index (κ1) is 8.61. The number of rotatable bonds is 1. The van der Waals surface area contributed by atoms with Crippen LogP contribution < -0.4 is 14.8 Å². The molecule has 2 N–H and O–H groups in total. The first-order chi connectivity index (χ1) is 6.68. The van der Waals surface area contributed by atoms with E-state index in [9.17, 15) is 9.18 Å². The Hall–Kier alpha value is -1.98. The highest BCUT2D eigenvalue weighted by molar-refractivity contribution is 5.86. The van der Waals surface area contributed by atoms with Crippen LogP contribution in [0.4, 0.5) is 14.9 Å². The van der Waals surface area contributed by atoms with E-state index in [0.717, 1.165) is 6.07 Å². The highest BCUT2D eigenvalue weighted by Crippen LogP contribution is 2.40. The standard InChI is InChI=1S/C8H6FNO4/c9-4-1-2-5-7(14-3-13-5)6(4)10-8(11)12/h1-2,10H,3H2,(H,11,12). The lowest BCUT2D eigenvalue weighted by atomic mass is 10.2. The zero-order chi connectivity index (χ0) is 10.1. The molecular formula is C8H6FNO4. The number of anilines is 1. The second-order valence-corrected chi connectivity index (χ2v) is 2.59. The quantitative estimate of drug-likeness (QED) is 0.721. The van der Waals surface area contributed by atoms with E-state index in [-0.39, 0.29) is 18.2 Å². The highest BCUT2D eigenvalue weighted by Gasteiger charge is 2.22. The number of halogens is 1. The molecule has 1 aromatic rings. The summed E-state index contributed by atoms with van der Waals surface area (Å²) in [4.78, 5) is 10.3. The van der Waals surface area contributed by atoms with Crippen molar-refractivity contribution in [2.45, 2.75) is 0 Å². The summed E-state index contributed by atoms with van der Waals surface area (Å²) in [6, 6.07) is 2.49. The third kappa shape index (κ3) is 1.30. The van der Waals surface area contributed by atoms with Crippen molar-refractivity contribution in [3.63, 3.8) is 0 Å². The molecule has 1 aliphatic heterocycles. The molecule has 0 saturated heterocycles. The number of ether oxygens (including phenoxy) is 2. The maximum absolute atomic E-state index is 13.1. The maximum atomic E-state index is 13.1. The van der Waals surface area contributed by atoms with Gasteiger partial charge in [0.05, 0.1) is 0 Å². The van der Waals surface area contributed by atoms with Crippen LogP contribution in [0.25, 0.3) is 0 Å². The molecule has 0 bridgehead atoms. The predicted octanol–water partition coefficient (Wildman–Crippen LogP) is 1.64. The molecular weight excluding hydrogens is 193 g/mol. The van der Waals surface area contributed by atoms with Crippen LogP contribution in [0, 0.1) is 5.82 Å². The van der Waals surface area contributed by atoms with E-state index < -0.39 is 11.9 Å². The van der Waals surface area contributed by atoms with E-state index in [1.54, 1.807) is 0 Å². The Morgan fingerprint density at radius 2 is 2.29 bits per heavy atom. The number of carboxylic acid groups (broad SMARTS) is 1. The van der Waals surface area contributed by atoms with Crippen LogP contribution in [0.15, 0.2) is 12.1 Å². The molecule has 0 saturated carbocycles.